The Bertz CT molecular complexity index is 279. The molecule has 0 aromatic heterocycles. The van der Waals surface area contributed by atoms with Crippen molar-refractivity contribution in [3.05, 3.63) is 11.6 Å². The Morgan fingerprint density at radius 1 is 1.67 bits per heavy atom. The van der Waals surface area contributed by atoms with E-state index in [0.717, 1.165) is 5.57 Å². The highest BCUT2D eigenvalue weighted by atomic mass is 16.5. The highest BCUT2D eigenvalue weighted by Crippen LogP contribution is 2.41. The molecule has 0 radical (unpaired) electrons. The lowest BCUT2D eigenvalue weighted by atomic mass is 9.67. The number of aliphatic hydroxyl groups is 1. The molecule has 1 N–H and O–H groups in total. The van der Waals surface area contributed by atoms with Gasteiger partial charge >= 0.3 is 5.97 Å². The van der Waals surface area contributed by atoms with Gasteiger partial charge in [-0.05, 0) is 20.3 Å². The highest BCUT2D eigenvalue weighted by Gasteiger charge is 2.44. The second-order valence-corrected chi connectivity index (χ2v) is 4.71. The van der Waals surface area contributed by atoms with Crippen LogP contribution >= 0.6 is 0 Å². The van der Waals surface area contributed by atoms with Crippen molar-refractivity contribution in [2.75, 3.05) is 6.61 Å². The maximum atomic E-state index is 11.8. The number of carbonyl (C=O) groups is 1. The number of ether oxygens (including phenoxy) is 1. The lowest BCUT2D eigenvalue weighted by molar-refractivity contribution is -0.154. The third kappa shape index (κ3) is 2.23. The first-order valence-corrected chi connectivity index (χ1v) is 5.42. The van der Waals surface area contributed by atoms with E-state index in [9.17, 15) is 9.90 Å². The lowest BCUT2D eigenvalue weighted by Crippen LogP contribution is -2.44. The van der Waals surface area contributed by atoms with Crippen molar-refractivity contribution in [2.24, 2.45) is 11.3 Å². The molecular formula is C12H20O3. The Balaban J connectivity index is 2.96. The average molecular weight is 212 g/mol. The van der Waals surface area contributed by atoms with Crippen LogP contribution < -0.4 is 0 Å². The first-order valence-electron chi connectivity index (χ1n) is 5.42. The fourth-order valence-corrected chi connectivity index (χ4v) is 2.21. The largest absolute Gasteiger partial charge is 0.466 e. The van der Waals surface area contributed by atoms with Crippen molar-refractivity contribution in [2.45, 2.75) is 40.2 Å². The number of carbonyl (C=O) groups excluding carboxylic acids is 1. The molecule has 0 aromatic rings. The maximum absolute atomic E-state index is 11.8. The minimum absolute atomic E-state index is 0.227. The topological polar surface area (TPSA) is 46.5 Å². The van der Waals surface area contributed by atoms with Gasteiger partial charge in [-0.3, -0.25) is 4.79 Å². The van der Waals surface area contributed by atoms with Crippen molar-refractivity contribution in [3.63, 3.8) is 0 Å². The Kier molecular flexibility index (Phi) is 3.55. The standard InChI is InChI=1S/C12H20O3/c1-5-15-11(14)10-8(2)6-7-9(13)12(10,3)4/h6,9-10,13H,5,7H2,1-4H3. The van der Waals surface area contributed by atoms with E-state index in [0.29, 0.717) is 13.0 Å². The van der Waals surface area contributed by atoms with E-state index in [2.05, 4.69) is 0 Å². The van der Waals surface area contributed by atoms with E-state index >= 15 is 0 Å². The molecule has 1 aliphatic rings. The number of hydrogen-bond donors (Lipinski definition) is 1. The second-order valence-electron chi connectivity index (χ2n) is 4.71. The van der Waals surface area contributed by atoms with Crippen molar-refractivity contribution in [1.82, 2.24) is 0 Å². The van der Waals surface area contributed by atoms with Gasteiger partial charge in [-0.2, -0.15) is 0 Å². The van der Waals surface area contributed by atoms with Gasteiger partial charge in [-0.15, -0.1) is 0 Å². The van der Waals surface area contributed by atoms with Gasteiger partial charge in [0.25, 0.3) is 0 Å². The van der Waals surface area contributed by atoms with Crippen LogP contribution in [-0.2, 0) is 9.53 Å². The van der Waals surface area contributed by atoms with Crippen LogP contribution in [0.4, 0.5) is 0 Å². The smallest absolute Gasteiger partial charge is 0.313 e. The molecule has 2 atom stereocenters. The molecule has 0 aliphatic heterocycles. The van der Waals surface area contributed by atoms with Crippen LogP contribution in [0.2, 0.25) is 0 Å². The summed E-state index contributed by atoms with van der Waals surface area (Å²) in [5.41, 5.74) is 0.564. The summed E-state index contributed by atoms with van der Waals surface area (Å²) in [6.45, 7) is 7.93. The summed E-state index contributed by atoms with van der Waals surface area (Å²) in [6.07, 6.45) is 2.07. The Hall–Kier alpha value is -0.830. The molecule has 0 heterocycles. The number of aliphatic hydroxyl groups excluding tert-OH is 1. The predicted octanol–water partition coefficient (Wildman–Crippen LogP) is 1.90. The third-order valence-corrected chi connectivity index (χ3v) is 3.24. The van der Waals surface area contributed by atoms with Gasteiger partial charge in [0.15, 0.2) is 0 Å². The monoisotopic (exact) mass is 212 g/mol. The molecule has 0 saturated carbocycles. The molecule has 3 heteroatoms. The fraction of sp³-hybridized carbons (Fsp3) is 0.750. The first-order chi connectivity index (χ1) is 6.91. The van der Waals surface area contributed by atoms with Crippen LogP contribution in [-0.4, -0.2) is 23.8 Å². The molecule has 0 amide bonds. The molecule has 0 fully saturated rings. The molecule has 0 bridgehead atoms. The van der Waals surface area contributed by atoms with Crippen molar-refractivity contribution in [3.8, 4) is 0 Å². The quantitative estimate of drug-likeness (QED) is 0.561. The van der Waals surface area contributed by atoms with Gasteiger partial charge in [0.05, 0.1) is 18.6 Å². The Morgan fingerprint density at radius 2 is 2.27 bits per heavy atom. The molecular weight excluding hydrogens is 192 g/mol. The van der Waals surface area contributed by atoms with Crippen molar-refractivity contribution >= 4 is 5.97 Å². The summed E-state index contributed by atoms with van der Waals surface area (Å²) in [6, 6.07) is 0. The highest BCUT2D eigenvalue weighted by molar-refractivity contribution is 5.77. The molecule has 1 aliphatic carbocycles. The normalized spacial score (nSPS) is 29.5. The molecule has 0 saturated heterocycles. The molecule has 1 rings (SSSR count). The molecule has 15 heavy (non-hydrogen) atoms. The Morgan fingerprint density at radius 3 is 2.80 bits per heavy atom. The summed E-state index contributed by atoms with van der Waals surface area (Å²) in [5, 5.41) is 9.89. The molecule has 2 unspecified atom stereocenters. The summed E-state index contributed by atoms with van der Waals surface area (Å²) < 4.78 is 5.04. The van der Waals surface area contributed by atoms with Crippen LogP contribution in [0.3, 0.4) is 0 Å². The van der Waals surface area contributed by atoms with Gasteiger partial charge in [0.2, 0.25) is 0 Å². The summed E-state index contributed by atoms with van der Waals surface area (Å²) in [7, 11) is 0. The predicted molar refractivity (Wildman–Crippen MR) is 58.3 cm³/mol. The lowest BCUT2D eigenvalue weighted by Gasteiger charge is -2.40. The van der Waals surface area contributed by atoms with E-state index in [1.54, 1.807) is 6.92 Å². The van der Waals surface area contributed by atoms with E-state index in [-0.39, 0.29) is 11.9 Å². The van der Waals surface area contributed by atoms with Gasteiger partial charge < -0.3 is 9.84 Å². The van der Waals surface area contributed by atoms with Gasteiger partial charge in [0, 0.05) is 5.41 Å². The summed E-state index contributed by atoms with van der Waals surface area (Å²) in [4.78, 5) is 11.8. The minimum atomic E-state index is -0.476. The van der Waals surface area contributed by atoms with Crippen LogP contribution in [0.1, 0.15) is 34.1 Å². The van der Waals surface area contributed by atoms with E-state index in [1.807, 2.05) is 26.8 Å². The maximum Gasteiger partial charge on any atom is 0.313 e. The summed E-state index contributed by atoms with van der Waals surface area (Å²) in [5.74, 6) is -0.545. The summed E-state index contributed by atoms with van der Waals surface area (Å²) >= 11 is 0. The van der Waals surface area contributed by atoms with E-state index in [4.69, 9.17) is 4.74 Å². The van der Waals surface area contributed by atoms with E-state index in [1.165, 1.54) is 0 Å². The van der Waals surface area contributed by atoms with Crippen LogP contribution in [0.15, 0.2) is 11.6 Å². The zero-order valence-corrected chi connectivity index (χ0v) is 9.91. The van der Waals surface area contributed by atoms with E-state index < -0.39 is 11.5 Å². The second kappa shape index (κ2) is 4.35. The Labute approximate surface area is 91.1 Å². The molecule has 0 spiro atoms. The van der Waals surface area contributed by atoms with Crippen LogP contribution in [0, 0.1) is 11.3 Å². The van der Waals surface area contributed by atoms with Crippen LogP contribution in [0.5, 0.6) is 0 Å². The van der Waals surface area contributed by atoms with Gasteiger partial charge in [0.1, 0.15) is 0 Å². The number of rotatable bonds is 2. The SMILES string of the molecule is CCOC(=O)C1C(C)=CCC(O)C1(C)C. The van der Waals surface area contributed by atoms with Crippen LogP contribution in [0.25, 0.3) is 0 Å². The first kappa shape index (κ1) is 12.2. The third-order valence-electron chi connectivity index (χ3n) is 3.24. The molecule has 3 nitrogen and oxygen atoms in total. The average Bonchev–Trinajstić information content (AvgIpc) is 2.12. The number of hydrogen-bond acceptors (Lipinski definition) is 3. The van der Waals surface area contributed by atoms with Gasteiger partial charge in [-0.25, -0.2) is 0 Å². The fourth-order valence-electron chi connectivity index (χ4n) is 2.21. The molecule has 86 valence electrons. The van der Waals surface area contributed by atoms with Crippen molar-refractivity contribution in [1.29, 1.82) is 0 Å². The van der Waals surface area contributed by atoms with Gasteiger partial charge in [-0.1, -0.05) is 25.5 Å². The minimum Gasteiger partial charge on any atom is -0.466 e. The zero-order valence-electron chi connectivity index (χ0n) is 9.91. The zero-order chi connectivity index (χ0) is 11.6. The number of esters is 1. The van der Waals surface area contributed by atoms with Crippen molar-refractivity contribution < 1.29 is 14.6 Å². The molecule has 0 aromatic carbocycles.